The summed E-state index contributed by atoms with van der Waals surface area (Å²) in [5, 5.41) is 24.0. The van der Waals surface area contributed by atoms with Gasteiger partial charge in [-0.3, -0.25) is 4.79 Å². The smallest absolute Gasteiger partial charge is 0.240 e. The molecule has 5 nitrogen and oxygen atoms in total. The van der Waals surface area contributed by atoms with Crippen LogP contribution in [0.15, 0.2) is 44.4 Å². The summed E-state index contributed by atoms with van der Waals surface area (Å²) < 4.78 is 0.537. The van der Waals surface area contributed by atoms with Crippen LogP contribution in [0.4, 0.5) is 0 Å². The average molecular weight is 477 g/mol. The first-order valence-electron chi connectivity index (χ1n) is 6.84. The Morgan fingerprint density at radius 2 is 1.88 bits per heavy atom. The van der Waals surface area contributed by atoms with Crippen molar-refractivity contribution in [2.75, 3.05) is 0 Å². The van der Waals surface area contributed by atoms with Crippen LogP contribution in [0.2, 0.25) is 5.02 Å². The van der Waals surface area contributed by atoms with Crippen molar-refractivity contribution < 1.29 is 15.0 Å². The maximum Gasteiger partial charge on any atom is 0.240 e. The number of carbonyl (C=O) groups excluding carboxylic acids is 1. The Bertz CT molecular complexity index is 780. The lowest BCUT2D eigenvalue weighted by molar-refractivity contribution is -0.121. The van der Waals surface area contributed by atoms with Crippen LogP contribution >= 0.6 is 43.5 Å². The van der Waals surface area contributed by atoms with Crippen LogP contribution in [0.5, 0.6) is 11.5 Å². The average Bonchev–Trinajstić information content (AvgIpc) is 2.57. The van der Waals surface area contributed by atoms with E-state index in [2.05, 4.69) is 42.4 Å². The minimum absolute atomic E-state index is 0.114. The highest BCUT2D eigenvalue weighted by Crippen LogP contribution is 2.40. The molecule has 126 valence electrons. The lowest BCUT2D eigenvalue weighted by Crippen LogP contribution is -2.17. The van der Waals surface area contributed by atoms with Crippen LogP contribution in [0.1, 0.15) is 17.5 Å². The third-order valence-corrected chi connectivity index (χ3v) is 4.75. The largest absolute Gasteiger partial charge is 0.506 e. The quantitative estimate of drug-likeness (QED) is 0.443. The zero-order valence-electron chi connectivity index (χ0n) is 12.3. The molecule has 1 amide bonds. The monoisotopic (exact) mass is 474 g/mol. The Labute approximate surface area is 160 Å². The number of aromatic hydroxyl groups is 2. The van der Waals surface area contributed by atoms with Gasteiger partial charge in [-0.1, -0.05) is 23.7 Å². The zero-order valence-corrected chi connectivity index (χ0v) is 16.2. The molecule has 8 heteroatoms. The van der Waals surface area contributed by atoms with Crippen LogP contribution in [-0.2, 0) is 11.2 Å². The SMILES string of the molecule is O=C(CCc1ccc(Cl)cc1)N/N=C/c1cc(Br)c(O)c(Br)c1O. The summed E-state index contributed by atoms with van der Waals surface area (Å²) in [6, 6.07) is 8.76. The highest BCUT2D eigenvalue weighted by atomic mass is 79.9. The van der Waals surface area contributed by atoms with Gasteiger partial charge < -0.3 is 10.2 Å². The Morgan fingerprint density at radius 3 is 2.54 bits per heavy atom. The number of benzene rings is 2. The number of hydrogen-bond acceptors (Lipinski definition) is 4. The molecule has 2 aromatic rings. The molecule has 0 aliphatic carbocycles. The molecule has 0 spiro atoms. The molecule has 0 heterocycles. The summed E-state index contributed by atoms with van der Waals surface area (Å²) in [4.78, 5) is 11.8. The van der Waals surface area contributed by atoms with E-state index in [9.17, 15) is 15.0 Å². The minimum Gasteiger partial charge on any atom is -0.506 e. The van der Waals surface area contributed by atoms with Crippen molar-refractivity contribution in [2.24, 2.45) is 5.10 Å². The van der Waals surface area contributed by atoms with Crippen LogP contribution in [-0.4, -0.2) is 22.3 Å². The van der Waals surface area contributed by atoms with E-state index in [1.807, 2.05) is 12.1 Å². The number of amides is 1. The molecular formula is C16H13Br2ClN2O3. The Balaban J connectivity index is 1.92. The number of carbonyl (C=O) groups is 1. The number of halogens is 3. The van der Waals surface area contributed by atoms with E-state index >= 15 is 0 Å². The second-order valence-electron chi connectivity index (χ2n) is 4.88. The van der Waals surface area contributed by atoms with Crippen LogP contribution in [0, 0.1) is 0 Å². The molecule has 0 aliphatic rings. The maximum atomic E-state index is 11.8. The van der Waals surface area contributed by atoms with Gasteiger partial charge in [0, 0.05) is 17.0 Å². The molecule has 3 N–H and O–H groups in total. The topological polar surface area (TPSA) is 81.9 Å². The Morgan fingerprint density at radius 1 is 1.21 bits per heavy atom. The lowest BCUT2D eigenvalue weighted by Gasteiger charge is -2.06. The summed E-state index contributed by atoms with van der Waals surface area (Å²) in [7, 11) is 0. The summed E-state index contributed by atoms with van der Waals surface area (Å²) in [5.41, 5.74) is 3.73. The number of hydrogen-bond donors (Lipinski definition) is 3. The highest BCUT2D eigenvalue weighted by molar-refractivity contribution is 9.11. The third-order valence-electron chi connectivity index (χ3n) is 3.14. The van der Waals surface area contributed by atoms with Crippen molar-refractivity contribution in [1.29, 1.82) is 0 Å². The fourth-order valence-electron chi connectivity index (χ4n) is 1.85. The van der Waals surface area contributed by atoms with E-state index in [-0.39, 0.29) is 28.3 Å². The number of phenols is 2. The van der Waals surface area contributed by atoms with E-state index in [4.69, 9.17) is 11.6 Å². The molecule has 2 aromatic carbocycles. The van der Waals surface area contributed by atoms with Gasteiger partial charge in [-0.2, -0.15) is 5.10 Å². The summed E-state index contributed by atoms with van der Waals surface area (Å²) >= 11 is 12.0. The maximum absolute atomic E-state index is 11.8. The fourth-order valence-corrected chi connectivity index (χ4v) is 3.13. The first-order valence-corrected chi connectivity index (χ1v) is 8.81. The zero-order chi connectivity index (χ0) is 17.7. The molecule has 2 rings (SSSR count). The predicted octanol–water partition coefficient (Wildman–Crippen LogP) is 4.36. The van der Waals surface area contributed by atoms with E-state index in [1.54, 1.807) is 12.1 Å². The molecule has 0 atom stereocenters. The molecule has 0 saturated heterocycles. The second-order valence-corrected chi connectivity index (χ2v) is 6.96. The molecule has 0 saturated carbocycles. The second kappa shape index (κ2) is 8.50. The van der Waals surface area contributed by atoms with Crippen molar-refractivity contribution in [3.8, 4) is 11.5 Å². The van der Waals surface area contributed by atoms with E-state index in [1.165, 1.54) is 12.3 Å². The van der Waals surface area contributed by atoms with Gasteiger partial charge >= 0.3 is 0 Å². The van der Waals surface area contributed by atoms with Crippen molar-refractivity contribution in [3.63, 3.8) is 0 Å². The number of aryl methyl sites for hydroxylation is 1. The van der Waals surface area contributed by atoms with Gasteiger partial charge in [0.05, 0.1) is 10.7 Å². The van der Waals surface area contributed by atoms with Gasteiger partial charge in [-0.15, -0.1) is 0 Å². The number of phenolic OH excluding ortho intramolecular Hbond substituents is 2. The molecule has 0 aliphatic heterocycles. The Hall–Kier alpha value is -1.57. The number of nitrogens with one attached hydrogen (secondary N) is 1. The number of rotatable bonds is 5. The molecule has 24 heavy (non-hydrogen) atoms. The summed E-state index contributed by atoms with van der Waals surface area (Å²) in [5.74, 6) is -0.538. The highest BCUT2D eigenvalue weighted by Gasteiger charge is 2.12. The summed E-state index contributed by atoms with van der Waals surface area (Å²) in [6.45, 7) is 0. The predicted molar refractivity (Wildman–Crippen MR) is 101 cm³/mol. The standard InChI is InChI=1S/C16H13Br2ClN2O3/c17-12-7-10(15(23)14(18)16(12)24)8-20-21-13(22)6-3-9-1-4-11(19)5-2-9/h1-2,4-5,7-8,23-24H,3,6H2,(H,21,22)/b20-8+. The van der Waals surface area contributed by atoms with E-state index < -0.39 is 0 Å². The van der Waals surface area contributed by atoms with Gasteiger partial charge in [0.2, 0.25) is 5.91 Å². The molecule has 0 unspecified atom stereocenters. The van der Waals surface area contributed by atoms with Crippen LogP contribution < -0.4 is 5.43 Å². The molecule has 0 fully saturated rings. The summed E-state index contributed by atoms with van der Waals surface area (Å²) in [6.07, 6.45) is 2.14. The molecule has 0 radical (unpaired) electrons. The van der Waals surface area contributed by atoms with Gasteiger partial charge in [-0.05, 0) is 62.0 Å². The minimum atomic E-state index is -0.252. The lowest BCUT2D eigenvalue weighted by atomic mass is 10.1. The van der Waals surface area contributed by atoms with E-state index in [0.29, 0.717) is 21.5 Å². The van der Waals surface area contributed by atoms with Crippen molar-refractivity contribution in [2.45, 2.75) is 12.8 Å². The van der Waals surface area contributed by atoms with Crippen molar-refractivity contribution in [3.05, 3.63) is 55.4 Å². The van der Waals surface area contributed by atoms with Gasteiger partial charge in [-0.25, -0.2) is 5.43 Å². The van der Waals surface area contributed by atoms with Gasteiger partial charge in [0.1, 0.15) is 16.0 Å². The Kier molecular flexibility index (Phi) is 6.65. The third kappa shape index (κ3) is 4.96. The molecular weight excluding hydrogens is 463 g/mol. The molecule has 0 aromatic heterocycles. The van der Waals surface area contributed by atoms with Crippen molar-refractivity contribution in [1.82, 2.24) is 5.43 Å². The first-order chi connectivity index (χ1) is 11.4. The molecule has 0 bridgehead atoms. The first kappa shape index (κ1) is 18.8. The fraction of sp³-hybridized carbons (Fsp3) is 0.125. The van der Waals surface area contributed by atoms with E-state index in [0.717, 1.165) is 5.56 Å². The van der Waals surface area contributed by atoms with Crippen LogP contribution in [0.25, 0.3) is 0 Å². The number of hydrazone groups is 1. The number of nitrogens with zero attached hydrogens (tertiary/aromatic N) is 1. The van der Waals surface area contributed by atoms with Crippen LogP contribution in [0.3, 0.4) is 0 Å². The van der Waals surface area contributed by atoms with Crippen molar-refractivity contribution >= 4 is 55.6 Å². The van der Waals surface area contributed by atoms with Gasteiger partial charge in [0.15, 0.2) is 0 Å². The van der Waals surface area contributed by atoms with Gasteiger partial charge in [0.25, 0.3) is 0 Å². The normalized spacial score (nSPS) is 11.0.